The summed E-state index contributed by atoms with van der Waals surface area (Å²) in [4.78, 5) is 31.2. The normalized spacial score (nSPS) is 10.9. The van der Waals surface area contributed by atoms with Gasteiger partial charge in [0.05, 0.1) is 36.6 Å². The zero-order valence-corrected chi connectivity index (χ0v) is 19.7. The van der Waals surface area contributed by atoms with Crippen LogP contribution in [0.15, 0.2) is 70.6 Å². The maximum absolute atomic E-state index is 13.5. The number of nitrogens with zero attached hydrogens (tertiary/aromatic N) is 2. The number of para-hydroxylation sites is 1. The number of rotatable bonds is 7. The average molecular weight is 461 g/mol. The van der Waals surface area contributed by atoms with Gasteiger partial charge in [-0.2, -0.15) is 0 Å². The highest BCUT2D eigenvalue weighted by Gasteiger charge is 2.18. The van der Waals surface area contributed by atoms with E-state index in [2.05, 4.69) is 0 Å². The molecule has 168 valence electrons. The van der Waals surface area contributed by atoms with Crippen LogP contribution in [0.3, 0.4) is 0 Å². The number of thioether (sulfide) groups is 1. The van der Waals surface area contributed by atoms with E-state index in [1.165, 1.54) is 18.9 Å². The monoisotopic (exact) mass is 460 g/mol. The van der Waals surface area contributed by atoms with Crippen LogP contribution < -0.4 is 15.0 Å². The highest BCUT2D eigenvalue weighted by atomic mass is 32.2. The molecule has 0 aliphatic carbocycles. The molecule has 0 saturated heterocycles. The third-order valence-corrected chi connectivity index (χ3v) is 6.54. The maximum Gasteiger partial charge on any atom is 0.266 e. The van der Waals surface area contributed by atoms with Crippen molar-refractivity contribution in [2.24, 2.45) is 0 Å². The molecule has 0 spiro atoms. The molecule has 0 saturated carbocycles. The van der Waals surface area contributed by atoms with Crippen molar-refractivity contribution < 1.29 is 14.3 Å². The third kappa shape index (κ3) is 4.36. The molecule has 0 aliphatic rings. The minimum absolute atomic E-state index is 0.101. The first-order chi connectivity index (χ1) is 15.9. The maximum atomic E-state index is 13.5. The fourth-order valence-corrected chi connectivity index (χ4v) is 4.52. The Bertz CT molecular complexity index is 1410. The van der Waals surface area contributed by atoms with Gasteiger partial charge >= 0.3 is 0 Å². The Hall–Kier alpha value is -3.58. The third-order valence-electron chi connectivity index (χ3n) is 5.60. The van der Waals surface area contributed by atoms with Gasteiger partial charge in [0, 0.05) is 5.56 Å². The SMILES string of the molecule is COc1ccc(C(=O)CSc2nc3ccccc3c(=O)n2-c2cccc(C)c2C)cc1OC. The smallest absolute Gasteiger partial charge is 0.266 e. The summed E-state index contributed by atoms with van der Waals surface area (Å²) in [6.45, 7) is 3.99. The molecular formula is C26H24N2O4S. The first kappa shape index (κ1) is 22.6. The number of hydrogen-bond acceptors (Lipinski definition) is 6. The van der Waals surface area contributed by atoms with Crippen molar-refractivity contribution in [1.82, 2.24) is 9.55 Å². The van der Waals surface area contributed by atoms with Gasteiger partial charge in [-0.1, -0.05) is 36.0 Å². The molecule has 0 fully saturated rings. The van der Waals surface area contributed by atoms with Crippen molar-refractivity contribution in [3.8, 4) is 17.2 Å². The molecule has 1 aromatic heterocycles. The van der Waals surface area contributed by atoms with E-state index in [0.717, 1.165) is 16.8 Å². The summed E-state index contributed by atoms with van der Waals surface area (Å²) in [5, 5.41) is 1.01. The van der Waals surface area contributed by atoms with Crippen molar-refractivity contribution >= 4 is 28.4 Å². The van der Waals surface area contributed by atoms with Gasteiger partial charge in [0.1, 0.15) is 0 Å². The lowest BCUT2D eigenvalue weighted by molar-refractivity contribution is 0.102. The Labute approximate surface area is 196 Å². The molecule has 6 nitrogen and oxygen atoms in total. The number of benzene rings is 3. The molecule has 0 amide bonds. The molecule has 0 N–H and O–H groups in total. The summed E-state index contributed by atoms with van der Waals surface area (Å²) in [5.74, 6) is 1.06. The summed E-state index contributed by atoms with van der Waals surface area (Å²) in [6.07, 6.45) is 0. The van der Waals surface area contributed by atoms with Crippen LogP contribution in [0.5, 0.6) is 11.5 Å². The molecule has 7 heteroatoms. The Kier molecular flexibility index (Phi) is 6.51. The minimum Gasteiger partial charge on any atom is -0.493 e. The van der Waals surface area contributed by atoms with Crippen LogP contribution in [-0.2, 0) is 0 Å². The highest BCUT2D eigenvalue weighted by Crippen LogP contribution is 2.29. The van der Waals surface area contributed by atoms with Crippen LogP contribution >= 0.6 is 11.8 Å². The quantitative estimate of drug-likeness (QED) is 0.220. The lowest BCUT2D eigenvalue weighted by atomic mass is 10.1. The fourth-order valence-electron chi connectivity index (χ4n) is 3.62. The number of aromatic nitrogens is 2. The Morgan fingerprint density at radius 2 is 1.73 bits per heavy atom. The second-order valence-corrected chi connectivity index (χ2v) is 8.50. The van der Waals surface area contributed by atoms with E-state index >= 15 is 0 Å². The molecule has 33 heavy (non-hydrogen) atoms. The number of hydrogen-bond donors (Lipinski definition) is 0. The summed E-state index contributed by atoms with van der Waals surface area (Å²) < 4.78 is 12.2. The summed E-state index contributed by atoms with van der Waals surface area (Å²) in [7, 11) is 3.08. The van der Waals surface area contributed by atoms with Crippen molar-refractivity contribution in [3.05, 3.63) is 87.7 Å². The van der Waals surface area contributed by atoms with Crippen LogP contribution in [0.2, 0.25) is 0 Å². The lowest BCUT2D eigenvalue weighted by Gasteiger charge is -2.16. The molecule has 0 radical (unpaired) electrons. The number of Topliss-reactive ketones (excluding diaryl/α,β-unsaturated/α-hetero) is 1. The van der Waals surface area contributed by atoms with E-state index < -0.39 is 0 Å². The van der Waals surface area contributed by atoms with Crippen LogP contribution in [0, 0.1) is 13.8 Å². The highest BCUT2D eigenvalue weighted by molar-refractivity contribution is 7.99. The van der Waals surface area contributed by atoms with Crippen molar-refractivity contribution in [2.75, 3.05) is 20.0 Å². The molecule has 4 aromatic rings. The molecule has 0 bridgehead atoms. The molecular weight excluding hydrogens is 436 g/mol. The summed E-state index contributed by atoms with van der Waals surface area (Å²) >= 11 is 1.24. The number of carbonyl (C=O) groups is 1. The number of methoxy groups -OCH3 is 2. The van der Waals surface area contributed by atoms with Crippen molar-refractivity contribution in [1.29, 1.82) is 0 Å². The number of fused-ring (bicyclic) bond motifs is 1. The Balaban J connectivity index is 1.75. The molecule has 3 aromatic carbocycles. The van der Waals surface area contributed by atoms with Crippen molar-refractivity contribution in [2.45, 2.75) is 19.0 Å². The fraction of sp³-hybridized carbons (Fsp3) is 0.192. The second-order valence-electron chi connectivity index (χ2n) is 7.55. The van der Waals surface area contributed by atoms with Gasteiger partial charge < -0.3 is 9.47 Å². The van der Waals surface area contributed by atoms with E-state index in [1.807, 2.05) is 50.2 Å². The predicted octanol–water partition coefficient (Wildman–Crippen LogP) is 4.99. The van der Waals surface area contributed by atoms with E-state index in [4.69, 9.17) is 14.5 Å². The van der Waals surface area contributed by atoms with Gasteiger partial charge in [-0.15, -0.1) is 0 Å². The molecule has 0 atom stereocenters. The number of ketones is 1. The second kappa shape index (κ2) is 9.50. The number of carbonyl (C=O) groups excluding carboxylic acids is 1. The van der Waals surface area contributed by atoms with Crippen LogP contribution in [0.1, 0.15) is 21.5 Å². The zero-order valence-electron chi connectivity index (χ0n) is 18.9. The largest absolute Gasteiger partial charge is 0.493 e. The van der Waals surface area contributed by atoms with E-state index in [9.17, 15) is 9.59 Å². The van der Waals surface area contributed by atoms with Crippen molar-refractivity contribution in [3.63, 3.8) is 0 Å². The Morgan fingerprint density at radius 1 is 0.970 bits per heavy atom. The Morgan fingerprint density at radius 3 is 2.48 bits per heavy atom. The van der Waals surface area contributed by atoms with E-state index in [0.29, 0.717) is 33.1 Å². The van der Waals surface area contributed by atoms with Gasteiger partial charge in [-0.05, 0) is 61.4 Å². The van der Waals surface area contributed by atoms with Crippen LogP contribution in [0.25, 0.3) is 16.6 Å². The first-order valence-electron chi connectivity index (χ1n) is 10.4. The molecule has 0 aliphatic heterocycles. The van der Waals surface area contributed by atoms with Gasteiger partial charge in [0.2, 0.25) is 0 Å². The summed E-state index contributed by atoms with van der Waals surface area (Å²) in [6, 6.07) is 18.2. The van der Waals surface area contributed by atoms with E-state index in [1.54, 1.807) is 35.9 Å². The first-order valence-corrected chi connectivity index (χ1v) is 11.4. The minimum atomic E-state index is -0.157. The molecule has 4 rings (SSSR count). The van der Waals surface area contributed by atoms with Crippen LogP contribution in [-0.4, -0.2) is 35.3 Å². The predicted molar refractivity (Wildman–Crippen MR) is 131 cm³/mol. The lowest BCUT2D eigenvalue weighted by Crippen LogP contribution is -2.23. The van der Waals surface area contributed by atoms with Crippen LogP contribution in [0.4, 0.5) is 0 Å². The number of ether oxygens (including phenoxy) is 2. The topological polar surface area (TPSA) is 70.4 Å². The average Bonchev–Trinajstić information content (AvgIpc) is 2.84. The molecule has 0 unspecified atom stereocenters. The van der Waals surface area contributed by atoms with Gasteiger partial charge in [-0.25, -0.2) is 4.98 Å². The van der Waals surface area contributed by atoms with Gasteiger partial charge in [0.25, 0.3) is 5.56 Å². The number of aryl methyl sites for hydroxylation is 1. The zero-order chi connectivity index (χ0) is 23.5. The summed E-state index contributed by atoms with van der Waals surface area (Å²) in [5.41, 5.74) is 3.77. The van der Waals surface area contributed by atoms with Gasteiger partial charge in [-0.3, -0.25) is 14.2 Å². The van der Waals surface area contributed by atoms with Gasteiger partial charge in [0.15, 0.2) is 22.4 Å². The molecule has 1 heterocycles. The van der Waals surface area contributed by atoms with E-state index in [-0.39, 0.29) is 17.1 Å². The standard InChI is InChI=1S/C26H24N2O4S/c1-16-8-7-11-21(17(16)2)28-25(30)19-9-5-6-10-20(19)27-26(28)33-15-22(29)18-12-13-23(31-3)24(14-18)32-4/h5-14H,15H2,1-4H3.